The topological polar surface area (TPSA) is 96.7 Å². The number of aromatic nitrogens is 4. The number of benzene rings is 2. The van der Waals surface area contributed by atoms with Crippen molar-refractivity contribution in [1.82, 2.24) is 20.4 Å². The number of nitriles is 1. The van der Waals surface area contributed by atoms with E-state index in [1.54, 1.807) is 24.3 Å². The van der Waals surface area contributed by atoms with Crippen molar-refractivity contribution in [3.05, 3.63) is 65.4 Å². The second kappa shape index (κ2) is 7.95. The van der Waals surface area contributed by atoms with E-state index in [1.165, 1.54) is 19.2 Å². The highest BCUT2D eigenvalue weighted by atomic mass is 19.4. The lowest BCUT2D eigenvalue weighted by molar-refractivity contribution is -0.137. The third-order valence-corrected chi connectivity index (χ3v) is 4.55. The number of methoxy groups -OCH3 is 1. The van der Waals surface area contributed by atoms with Gasteiger partial charge in [-0.1, -0.05) is 12.1 Å². The van der Waals surface area contributed by atoms with Crippen molar-refractivity contribution in [1.29, 1.82) is 5.26 Å². The van der Waals surface area contributed by atoms with Crippen molar-refractivity contribution in [3.63, 3.8) is 0 Å². The molecule has 2 heterocycles. The Morgan fingerprint density at radius 3 is 2.52 bits per heavy atom. The molecule has 2 aromatic carbocycles. The first-order valence-corrected chi connectivity index (χ1v) is 8.98. The summed E-state index contributed by atoms with van der Waals surface area (Å²) in [4.78, 5) is 4.53. The van der Waals surface area contributed by atoms with Crippen LogP contribution in [0.5, 0.6) is 11.5 Å². The van der Waals surface area contributed by atoms with Crippen LogP contribution in [0.3, 0.4) is 0 Å². The van der Waals surface area contributed by atoms with Crippen LogP contribution in [0, 0.1) is 11.3 Å². The number of halogens is 3. The first kappa shape index (κ1) is 20.2. The van der Waals surface area contributed by atoms with Gasteiger partial charge in [0.05, 0.1) is 23.9 Å². The summed E-state index contributed by atoms with van der Waals surface area (Å²) < 4.78 is 49.4. The minimum atomic E-state index is -4.40. The zero-order chi connectivity index (χ0) is 22.0. The molecule has 0 fully saturated rings. The molecule has 2 aromatic heterocycles. The Balaban J connectivity index is 1.71. The molecule has 1 N–H and O–H groups in total. The number of alkyl halides is 3. The monoisotopic (exact) mass is 425 g/mol. The van der Waals surface area contributed by atoms with Crippen LogP contribution >= 0.6 is 0 Å². The van der Waals surface area contributed by atoms with Crippen LogP contribution in [0.4, 0.5) is 13.2 Å². The van der Waals surface area contributed by atoms with E-state index >= 15 is 0 Å². The van der Waals surface area contributed by atoms with Crippen LogP contribution in [0.15, 0.2) is 48.5 Å². The minimum absolute atomic E-state index is 0.0344. The van der Waals surface area contributed by atoms with Crippen molar-refractivity contribution in [3.8, 4) is 29.0 Å². The molecule has 0 aliphatic carbocycles. The van der Waals surface area contributed by atoms with E-state index in [-0.39, 0.29) is 18.0 Å². The summed E-state index contributed by atoms with van der Waals surface area (Å²) in [5.41, 5.74) is 1.05. The smallest absolute Gasteiger partial charge is 0.416 e. The van der Waals surface area contributed by atoms with Gasteiger partial charge < -0.3 is 9.47 Å². The van der Waals surface area contributed by atoms with E-state index < -0.39 is 11.7 Å². The largest absolute Gasteiger partial charge is 0.497 e. The zero-order valence-electron chi connectivity index (χ0n) is 16.1. The summed E-state index contributed by atoms with van der Waals surface area (Å²) >= 11 is 0. The molecule has 0 spiro atoms. The predicted octanol–water partition coefficient (Wildman–Crippen LogP) is 4.50. The van der Waals surface area contributed by atoms with Crippen molar-refractivity contribution in [2.24, 2.45) is 0 Å². The fraction of sp³-hybridized carbons (Fsp3) is 0.143. The maximum atomic E-state index is 12.8. The van der Waals surface area contributed by atoms with E-state index in [0.717, 1.165) is 12.1 Å². The molecule has 0 unspecified atom stereocenters. The second-order valence-corrected chi connectivity index (χ2v) is 6.50. The van der Waals surface area contributed by atoms with Crippen molar-refractivity contribution >= 4 is 10.9 Å². The van der Waals surface area contributed by atoms with Gasteiger partial charge in [0.2, 0.25) is 0 Å². The van der Waals surface area contributed by atoms with Gasteiger partial charge in [-0.25, -0.2) is 4.98 Å². The first-order valence-electron chi connectivity index (χ1n) is 8.98. The molecule has 4 aromatic rings. The number of H-pyrrole nitrogens is 1. The van der Waals surface area contributed by atoms with Gasteiger partial charge in [-0.2, -0.15) is 28.7 Å². The van der Waals surface area contributed by atoms with Crippen LogP contribution in [0.25, 0.3) is 22.3 Å². The number of fused-ring (bicyclic) bond motifs is 1. The summed E-state index contributed by atoms with van der Waals surface area (Å²) in [7, 11) is 1.53. The first-order chi connectivity index (χ1) is 14.9. The molecule has 10 heteroatoms. The van der Waals surface area contributed by atoms with E-state index in [2.05, 4.69) is 20.4 Å². The lowest BCUT2D eigenvalue weighted by atomic mass is 10.1. The van der Waals surface area contributed by atoms with E-state index in [1.807, 2.05) is 6.07 Å². The number of rotatable bonds is 5. The fourth-order valence-electron chi connectivity index (χ4n) is 2.98. The Morgan fingerprint density at radius 1 is 1.06 bits per heavy atom. The standard InChI is InChI=1S/C21H14F3N5O2/c1-30-14-6-7-15-16(8-14)26-17(20-18(10-25)27-29-28-20)9-19(15)31-11-12-2-4-13(5-3-12)21(22,23)24/h2-9H,11H2,1H3,(H,27,28,29). The third kappa shape index (κ3) is 4.11. The summed E-state index contributed by atoms with van der Waals surface area (Å²) in [6.07, 6.45) is -4.40. The fourth-order valence-corrected chi connectivity index (χ4v) is 2.98. The van der Waals surface area contributed by atoms with E-state index in [0.29, 0.717) is 33.7 Å². The quantitative estimate of drug-likeness (QED) is 0.506. The minimum Gasteiger partial charge on any atom is -0.497 e. The molecule has 0 saturated carbocycles. The maximum absolute atomic E-state index is 12.8. The van der Waals surface area contributed by atoms with E-state index in [4.69, 9.17) is 9.47 Å². The summed E-state index contributed by atoms with van der Waals surface area (Å²) in [5, 5.41) is 20.1. The molecule has 0 saturated heterocycles. The number of hydrogen-bond donors (Lipinski definition) is 1. The number of hydrogen-bond acceptors (Lipinski definition) is 6. The molecule has 156 valence electrons. The van der Waals surface area contributed by atoms with Crippen LogP contribution in [-0.2, 0) is 12.8 Å². The Morgan fingerprint density at radius 2 is 1.84 bits per heavy atom. The molecule has 0 atom stereocenters. The highest BCUT2D eigenvalue weighted by Crippen LogP contribution is 2.33. The van der Waals surface area contributed by atoms with Gasteiger partial charge in [0, 0.05) is 17.5 Å². The van der Waals surface area contributed by atoms with Crippen molar-refractivity contribution < 1.29 is 22.6 Å². The Hall–Kier alpha value is -4.13. The van der Waals surface area contributed by atoms with E-state index in [9.17, 15) is 18.4 Å². The van der Waals surface area contributed by atoms with Gasteiger partial charge >= 0.3 is 6.18 Å². The number of nitrogens with zero attached hydrogens (tertiary/aromatic N) is 4. The van der Waals surface area contributed by atoms with Crippen molar-refractivity contribution in [2.45, 2.75) is 12.8 Å². The van der Waals surface area contributed by atoms with Gasteiger partial charge in [0.15, 0.2) is 5.69 Å². The number of aromatic amines is 1. The lowest BCUT2D eigenvalue weighted by Crippen LogP contribution is -2.05. The average molecular weight is 425 g/mol. The molecule has 4 rings (SSSR count). The maximum Gasteiger partial charge on any atom is 0.416 e. The zero-order valence-corrected chi connectivity index (χ0v) is 16.1. The summed E-state index contributed by atoms with van der Waals surface area (Å²) in [5.74, 6) is 1.00. The second-order valence-electron chi connectivity index (χ2n) is 6.50. The van der Waals surface area contributed by atoms with Crippen LogP contribution in [0.1, 0.15) is 16.8 Å². The normalized spacial score (nSPS) is 11.3. The molecule has 7 nitrogen and oxygen atoms in total. The van der Waals surface area contributed by atoms with Gasteiger partial charge in [0.25, 0.3) is 0 Å². The van der Waals surface area contributed by atoms with Gasteiger partial charge in [-0.05, 0) is 29.8 Å². The molecule has 0 radical (unpaired) electrons. The van der Waals surface area contributed by atoms with Gasteiger partial charge in [-0.15, -0.1) is 5.10 Å². The Bertz CT molecular complexity index is 1280. The lowest BCUT2D eigenvalue weighted by Gasteiger charge is -2.12. The van der Waals surface area contributed by atoms with Gasteiger partial charge in [-0.3, -0.25) is 0 Å². The Labute approximate surface area is 174 Å². The Kier molecular flexibility index (Phi) is 5.17. The molecule has 0 aliphatic rings. The van der Waals surface area contributed by atoms with Gasteiger partial charge in [0.1, 0.15) is 29.9 Å². The molecule has 0 bridgehead atoms. The molecule has 31 heavy (non-hydrogen) atoms. The van der Waals surface area contributed by atoms with Crippen molar-refractivity contribution in [2.75, 3.05) is 7.11 Å². The third-order valence-electron chi connectivity index (χ3n) is 4.55. The molecular formula is C21H14F3N5O2. The molecule has 0 amide bonds. The van der Waals surface area contributed by atoms with Crippen LogP contribution < -0.4 is 9.47 Å². The number of nitrogens with one attached hydrogen (secondary N) is 1. The average Bonchev–Trinajstić information content (AvgIpc) is 3.25. The SMILES string of the molecule is COc1ccc2c(OCc3ccc(C(F)(F)F)cc3)cc(-c3n[nH]nc3C#N)nc2c1. The number of pyridine rings is 1. The predicted molar refractivity (Wildman–Crippen MR) is 104 cm³/mol. The van der Waals surface area contributed by atoms with Crippen LogP contribution in [-0.4, -0.2) is 27.5 Å². The number of ether oxygens (including phenoxy) is 2. The highest BCUT2D eigenvalue weighted by Gasteiger charge is 2.29. The summed E-state index contributed by atoms with van der Waals surface area (Å²) in [6.45, 7) is 0.0344. The highest BCUT2D eigenvalue weighted by molar-refractivity contribution is 5.89. The van der Waals surface area contributed by atoms with Crippen LogP contribution in [0.2, 0.25) is 0 Å². The molecule has 0 aliphatic heterocycles. The molecular weight excluding hydrogens is 411 g/mol. The summed E-state index contributed by atoms with van der Waals surface area (Å²) in [6, 6.07) is 13.5.